The summed E-state index contributed by atoms with van der Waals surface area (Å²) in [6, 6.07) is 11.3. The minimum atomic E-state index is -0.525. The number of nitrogens with zero attached hydrogens (tertiary/aromatic N) is 4. The third-order valence-corrected chi connectivity index (χ3v) is 3.47. The highest BCUT2D eigenvalue weighted by Crippen LogP contribution is 2.20. The number of pyridine rings is 1. The third-order valence-electron chi connectivity index (χ3n) is 3.47. The van der Waals surface area contributed by atoms with Crippen LogP contribution in [0.3, 0.4) is 0 Å². The van der Waals surface area contributed by atoms with Crippen molar-refractivity contribution in [3.05, 3.63) is 71.4 Å². The molecule has 6 nitrogen and oxygen atoms in total. The monoisotopic (exact) mass is 362 g/mol. The number of benzene rings is 1. The van der Waals surface area contributed by atoms with Crippen LogP contribution in [0.1, 0.15) is 16.8 Å². The molecule has 134 valence electrons. The number of halogens is 1. The van der Waals surface area contributed by atoms with Crippen molar-refractivity contribution >= 4 is 0 Å². The van der Waals surface area contributed by atoms with Crippen molar-refractivity contribution in [3.63, 3.8) is 0 Å². The van der Waals surface area contributed by atoms with Crippen molar-refractivity contribution in [1.29, 1.82) is 5.26 Å². The minimum Gasteiger partial charge on any atom is -0.473 e. The number of hydrogen-bond donors (Lipinski definition) is 0. The van der Waals surface area contributed by atoms with Crippen molar-refractivity contribution in [2.24, 2.45) is 0 Å². The van der Waals surface area contributed by atoms with Gasteiger partial charge in [0.15, 0.2) is 0 Å². The van der Waals surface area contributed by atoms with Crippen molar-refractivity contribution in [2.45, 2.75) is 0 Å². The Morgan fingerprint density at radius 2 is 2.07 bits per heavy atom. The number of hydrogen-bond acceptors (Lipinski definition) is 5. The lowest BCUT2D eigenvalue weighted by Gasteiger charge is -2.03. The van der Waals surface area contributed by atoms with E-state index in [0.29, 0.717) is 36.0 Å². The van der Waals surface area contributed by atoms with E-state index < -0.39 is 5.82 Å². The second kappa shape index (κ2) is 8.61. The second-order valence-electron chi connectivity index (χ2n) is 5.41. The lowest BCUT2D eigenvalue weighted by molar-refractivity contribution is 0.143. The van der Waals surface area contributed by atoms with Crippen LogP contribution in [0, 0.1) is 29.0 Å². The maximum atomic E-state index is 13.7. The molecule has 0 bridgehead atoms. The SMILES string of the molecule is COCCOc1nn(-c2cc(F)cc(C#N)c2)cc1C#Cc1ccccn1. The first-order valence-corrected chi connectivity index (χ1v) is 8.05. The normalized spacial score (nSPS) is 9.96. The van der Waals surface area contributed by atoms with Crippen molar-refractivity contribution in [2.75, 3.05) is 20.3 Å². The van der Waals surface area contributed by atoms with Gasteiger partial charge in [0, 0.05) is 13.3 Å². The predicted molar refractivity (Wildman–Crippen MR) is 95.8 cm³/mol. The lowest BCUT2D eigenvalue weighted by atomic mass is 10.2. The van der Waals surface area contributed by atoms with Gasteiger partial charge in [0.2, 0.25) is 5.88 Å². The molecule has 7 heteroatoms. The Balaban J connectivity index is 1.98. The van der Waals surface area contributed by atoms with Gasteiger partial charge >= 0.3 is 0 Å². The van der Waals surface area contributed by atoms with Gasteiger partial charge in [-0.2, -0.15) is 5.26 Å². The van der Waals surface area contributed by atoms with Gasteiger partial charge in [0.05, 0.1) is 30.1 Å². The molecule has 0 N–H and O–H groups in total. The Labute approximate surface area is 155 Å². The zero-order valence-corrected chi connectivity index (χ0v) is 14.5. The van der Waals surface area contributed by atoms with Crippen LogP contribution in [0.25, 0.3) is 5.69 Å². The molecular weight excluding hydrogens is 347 g/mol. The second-order valence-corrected chi connectivity index (χ2v) is 5.41. The minimum absolute atomic E-state index is 0.198. The highest BCUT2D eigenvalue weighted by Gasteiger charge is 2.11. The average molecular weight is 362 g/mol. The highest BCUT2D eigenvalue weighted by molar-refractivity contribution is 5.48. The molecule has 2 aromatic heterocycles. The number of rotatable bonds is 5. The van der Waals surface area contributed by atoms with E-state index in [2.05, 4.69) is 21.9 Å². The largest absolute Gasteiger partial charge is 0.473 e. The highest BCUT2D eigenvalue weighted by atomic mass is 19.1. The molecule has 3 rings (SSSR count). The zero-order chi connectivity index (χ0) is 19.1. The topological polar surface area (TPSA) is 73.0 Å². The van der Waals surface area contributed by atoms with Crippen LogP contribution in [0.5, 0.6) is 5.88 Å². The van der Waals surface area contributed by atoms with E-state index in [-0.39, 0.29) is 5.56 Å². The van der Waals surface area contributed by atoms with Crippen LogP contribution in [0.2, 0.25) is 0 Å². The quantitative estimate of drug-likeness (QED) is 0.515. The van der Waals surface area contributed by atoms with Gasteiger partial charge in [-0.05, 0) is 36.3 Å². The molecule has 0 aliphatic carbocycles. The van der Waals surface area contributed by atoms with Gasteiger partial charge in [-0.3, -0.25) is 0 Å². The molecule has 0 saturated carbocycles. The molecule has 0 unspecified atom stereocenters. The van der Waals surface area contributed by atoms with Gasteiger partial charge in [-0.15, -0.1) is 5.10 Å². The predicted octanol–water partition coefficient (Wildman–Crippen LogP) is 2.70. The molecule has 0 aliphatic heterocycles. The summed E-state index contributed by atoms with van der Waals surface area (Å²) in [6.07, 6.45) is 3.27. The summed E-state index contributed by atoms with van der Waals surface area (Å²) < 4.78 is 25.8. The third kappa shape index (κ3) is 4.69. The zero-order valence-electron chi connectivity index (χ0n) is 14.5. The van der Waals surface area contributed by atoms with E-state index in [9.17, 15) is 4.39 Å². The van der Waals surface area contributed by atoms with Gasteiger partial charge in [-0.1, -0.05) is 12.0 Å². The molecule has 1 aromatic carbocycles. The fraction of sp³-hybridized carbons (Fsp3) is 0.150. The van der Waals surface area contributed by atoms with E-state index in [1.54, 1.807) is 31.6 Å². The first-order valence-electron chi connectivity index (χ1n) is 8.05. The van der Waals surface area contributed by atoms with Crippen molar-refractivity contribution in [3.8, 4) is 29.5 Å². The summed E-state index contributed by atoms with van der Waals surface area (Å²) >= 11 is 0. The van der Waals surface area contributed by atoms with E-state index >= 15 is 0 Å². The molecule has 0 atom stereocenters. The standard InChI is InChI=1S/C20H15FN4O2/c1-26-8-9-27-20-16(5-6-18-4-2-3-7-23-18)14-25(24-20)19-11-15(13-22)10-17(21)12-19/h2-4,7,10-12,14H,8-9H2,1H3. The van der Waals surface area contributed by atoms with E-state index in [4.69, 9.17) is 14.7 Å². The molecule has 2 heterocycles. The Morgan fingerprint density at radius 3 is 2.81 bits per heavy atom. The summed E-state index contributed by atoms with van der Waals surface area (Å²) in [5.41, 5.74) is 1.71. The Morgan fingerprint density at radius 1 is 1.19 bits per heavy atom. The van der Waals surface area contributed by atoms with Crippen LogP contribution in [0.4, 0.5) is 4.39 Å². The molecule has 27 heavy (non-hydrogen) atoms. The maximum absolute atomic E-state index is 13.7. The molecule has 0 spiro atoms. The number of aromatic nitrogens is 3. The van der Waals surface area contributed by atoms with Crippen molar-refractivity contribution in [1.82, 2.24) is 14.8 Å². The fourth-order valence-corrected chi connectivity index (χ4v) is 2.24. The Kier molecular flexibility index (Phi) is 5.78. The van der Waals surface area contributed by atoms with Crippen LogP contribution in [0.15, 0.2) is 48.8 Å². The summed E-state index contributed by atoms with van der Waals surface area (Å²) in [5, 5.41) is 13.4. The summed E-state index contributed by atoms with van der Waals surface area (Å²) in [4.78, 5) is 4.15. The maximum Gasteiger partial charge on any atom is 0.249 e. The van der Waals surface area contributed by atoms with Crippen LogP contribution in [-0.2, 0) is 4.74 Å². The van der Waals surface area contributed by atoms with E-state index in [1.807, 2.05) is 12.1 Å². The Hall–Kier alpha value is -3.68. The van der Waals surface area contributed by atoms with Gasteiger partial charge in [0.1, 0.15) is 23.7 Å². The Bertz CT molecular complexity index is 1030. The summed E-state index contributed by atoms with van der Waals surface area (Å²) in [6.45, 7) is 0.677. The molecule has 0 radical (unpaired) electrons. The van der Waals surface area contributed by atoms with E-state index in [1.165, 1.54) is 16.8 Å². The van der Waals surface area contributed by atoms with Crippen LogP contribution in [-0.4, -0.2) is 35.1 Å². The molecule has 0 saturated heterocycles. The molecule has 0 aliphatic rings. The number of methoxy groups -OCH3 is 1. The first-order chi connectivity index (χ1) is 13.2. The van der Waals surface area contributed by atoms with Gasteiger partial charge in [0.25, 0.3) is 0 Å². The van der Waals surface area contributed by atoms with Gasteiger partial charge < -0.3 is 9.47 Å². The average Bonchev–Trinajstić information content (AvgIpc) is 3.10. The van der Waals surface area contributed by atoms with E-state index in [0.717, 1.165) is 6.07 Å². The van der Waals surface area contributed by atoms with Crippen molar-refractivity contribution < 1.29 is 13.9 Å². The molecular formula is C20H15FN4O2. The van der Waals surface area contributed by atoms with Crippen LogP contribution < -0.4 is 4.74 Å². The first kappa shape index (κ1) is 18.1. The smallest absolute Gasteiger partial charge is 0.249 e. The number of ether oxygens (including phenoxy) is 2. The fourth-order valence-electron chi connectivity index (χ4n) is 2.24. The summed E-state index contributed by atoms with van der Waals surface area (Å²) in [7, 11) is 1.57. The lowest BCUT2D eigenvalue weighted by Crippen LogP contribution is -2.06. The summed E-state index contributed by atoms with van der Waals surface area (Å²) in [5.74, 6) is 5.67. The molecule has 0 amide bonds. The van der Waals surface area contributed by atoms with Gasteiger partial charge in [-0.25, -0.2) is 14.1 Å². The molecule has 0 fully saturated rings. The number of nitriles is 1. The molecule has 3 aromatic rings. The van der Waals surface area contributed by atoms with Crippen LogP contribution >= 0.6 is 0 Å².